The summed E-state index contributed by atoms with van der Waals surface area (Å²) in [5, 5.41) is 1.71. The number of fused-ring (bicyclic) bond motifs is 1. The molecule has 4 N–H and O–H groups in total. The van der Waals surface area contributed by atoms with E-state index in [0.29, 0.717) is 24.6 Å². The highest BCUT2D eigenvalue weighted by Gasteiger charge is 2.28. The molecule has 0 spiro atoms. The monoisotopic (exact) mass is 279 g/mol. The Balaban J connectivity index is 1.99. The zero-order chi connectivity index (χ0) is 14.3. The molecular formula is C14H22FN5. The van der Waals surface area contributed by atoms with Gasteiger partial charge in [-0.25, -0.2) is 9.40 Å². The van der Waals surface area contributed by atoms with Gasteiger partial charge in [0, 0.05) is 32.2 Å². The number of hydrogen-bond donors (Lipinski definition) is 2. The lowest BCUT2D eigenvalue weighted by molar-refractivity contribution is 0.259. The predicted octanol–water partition coefficient (Wildman–Crippen LogP) is 0.836. The van der Waals surface area contributed by atoms with Gasteiger partial charge in [-0.3, -0.25) is 5.84 Å². The molecular weight excluding hydrogens is 257 g/mol. The molecule has 3 rings (SSSR count). The summed E-state index contributed by atoms with van der Waals surface area (Å²) in [6, 6.07) is 3.99. The van der Waals surface area contributed by atoms with Crippen LogP contribution in [0.4, 0.5) is 15.8 Å². The molecule has 0 aliphatic carbocycles. The number of rotatable bonds is 2. The smallest absolute Gasteiger partial charge is 0.170 e. The molecule has 5 nitrogen and oxygen atoms in total. The third-order valence-electron chi connectivity index (χ3n) is 4.17. The summed E-state index contributed by atoms with van der Waals surface area (Å²) >= 11 is 0. The fraction of sp³-hybridized carbons (Fsp3) is 0.571. The minimum Gasteiger partial charge on any atom is -0.367 e. The fourth-order valence-electron chi connectivity index (χ4n) is 3.13. The van der Waals surface area contributed by atoms with E-state index in [-0.39, 0.29) is 11.9 Å². The Morgan fingerprint density at radius 2 is 2.20 bits per heavy atom. The number of halogens is 1. The Morgan fingerprint density at radius 3 is 2.85 bits per heavy atom. The maximum Gasteiger partial charge on any atom is 0.170 e. The Kier molecular flexibility index (Phi) is 3.54. The van der Waals surface area contributed by atoms with Crippen LogP contribution in [0.25, 0.3) is 0 Å². The Bertz CT molecular complexity index is 507. The number of nitrogens with zero attached hydrogens (tertiary/aromatic N) is 3. The van der Waals surface area contributed by atoms with Gasteiger partial charge in [0.2, 0.25) is 0 Å². The number of benzene rings is 1. The lowest BCUT2D eigenvalue weighted by Crippen LogP contribution is -2.46. The van der Waals surface area contributed by atoms with Crippen molar-refractivity contribution in [1.29, 1.82) is 0 Å². The molecule has 0 radical (unpaired) electrons. The van der Waals surface area contributed by atoms with Crippen molar-refractivity contribution in [2.24, 2.45) is 11.6 Å². The van der Waals surface area contributed by atoms with Crippen LogP contribution in [0.1, 0.15) is 18.9 Å². The van der Waals surface area contributed by atoms with Crippen molar-refractivity contribution in [2.75, 3.05) is 36.1 Å². The number of hydrazine groups is 1. The summed E-state index contributed by atoms with van der Waals surface area (Å²) in [7, 11) is 0. The Morgan fingerprint density at radius 1 is 1.40 bits per heavy atom. The molecule has 2 aliphatic rings. The van der Waals surface area contributed by atoms with Gasteiger partial charge < -0.3 is 15.5 Å². The van der Waals surface area contributed by atoms with Crippen LogP contribution < -0.4 is 21.4 Å². The first-order chi connectivity index (χ1) is 9.60. The van der Waals surface area contributed by atoms with Crippen LogP contribution in [-0.4, -0.2) is 37.4 Å². The first-order valence-electron chi connectivity index (χ1n) is 7.16. The van der Waals surface area contributed by atoms with Crippen LogP contribution in [0.3, 0.4) is 0 Å². The minimum absolute atomic E-state index is 0.133. The molecule has 0 unspecified atom stereocenters. The van der Waals surface area contributed by atoms with Crippen molar-refractivity contribution in [2.45, 2.75) is 25.9 Å². The quantitative estimate of drug-likeness (QED) is 0.786. The third kappa shape index (κ3) is 2.24. The maximum absolute atomic E-state index is 14.9. The van der Waals surface area contributed by atoms with Crippen molar-refractivity contribution in [3.05, 3.63) is 23.5 Å². The van der Waals surface area contributed by atoms with Gasteiger partial charge in [0.15, 0.2) is 5.82 Å². The minimum atomic E-state index is -0.133. The molecule has 1 aromatic carbocycles. The first kappa shape index (κ1) is 13.6. The number of nitrogens with two attached hydrogens (primary N) is 2. The average Bonchev–Trinajstić information content (AvgIpc) is 2.84. The molecule has 0 bridgehead atoms. The van der Waals surface area contributed by atoms with E-state index in [1.54, 1.807) is 5.01 Å². The largest absolute Gasteiger partial charge is 0.367 e. The van der Waals surface area contributed by atoms with Crippen LogP contribution >= 0.6 is 0 Å². The van der Waals surface area contributed by atoms with E-state index in [9.17, 15) is 4.39 Å². The van der Waals surface area contributed by atoms with Crippen molar-refractivity contribution in [3.8, 4) is 0 Å². The number of hydrogen-bond acceptors (Lipinski definition) is 5. The molecule has 2 heterocycles. The molecule has 2 aliphatic heterocycles. The Labute approximate surface area is 118 Å². The molecule has 20 heavy (non-hydrogen) atoms. The normalized spacial score (nSPS) is 23.3. The van der Waals surface area contributed by atoms with Gasteiger partial charge in [-0.2, -0.15) is 0 Å². The second kappa shape index (κ2) is 5.20. The summed E-state index contributed by atoms with van der Waals surface area (Å²) in [4.78, 5) is 4.02. The molecule has 1 aromatic rings. The second-order valence-electron chi connectivity index (χ2n) is 5.65. The highest BCUT2D eigenvalue weighted by atomic mass is 19.1. The fourth-order valence-corrected chi connectivity index (χ4v) is 3.13. The molecule has 0 saturated carbocycles. The van der Waals surface area contributed by atoms with Gasteiger partial charge in [0.1, 0.15) is 0 Å². The van der Waals surface area contributed by atoms with Crippen LogP contribution in [0.2, 0.25) is 0 Å². The van der Waals surface area contributed by atoms with Crippen molar-refractivity contribution >= 4 is 11.4 Å². The Hall–Kier alpha value is -1.37. The molecule has 0 amide bonds. The molecule has 1 atom stereocenters. The summed E-state index contributed by atoms with van der Waals surface area (Å²) in [5.74, 6) is 5.75. The van der Waals surface area contributed by atoms with E-state index in [4.69, 9.17) is 11.6 Å². The van der Waals surface area contributed by atoms with Crippen LogP contribution in [0, 0.1) is 5.82 Å². The lowest BCUT2D eigenvalue weighted by Gasteiger charge is -2.36. The van der Waals surface area contributed by atoms with Gasteiger partial charge in [-0.1, -0.05) is 6.07 Å². The summed E-state index contributed by atoms with van der Waals surface area (Å²) in [5.41, 5.74) is 8.24. The van der Waals surface area contributed by atoms with Crippen molar-refractivity contribution in [3.63, 3.8) is 0 Å². The molecule has 110 valence electrons. The van der Waals surface area contributed by atoms with E-state index >= 15 is 0 Å². The SMILES string of the molecule is CCN1CN(N)Cc2ccc(N3CC[C@H](N)C3)c(F)c21. The average molecular weight is 279 g/mol. The zero-order valence-electron chi connectivity index (χ0n) is 11.8. The van der Waals surface area contributed by atoms with E-state index in [2.05, 4.69) is 0 Å². The van der Waals surface area contributed by atoms with Crippen LogP contribution in [0.5, 0.6) is 0 Å². The molecule has 1 fully saturated rings. The molecule has 1 saturated heterocycles. The van der Waals surface area contributed by atoms with Gasteiger partial charge in [-0.15, -0.1) is 0 Å². The molecule has 6 heteroatoms. The van der Waals surface area contributed by atoms with Gasteiger partial charge >= 0.3 is 0 Å². The zero-order valence-corrected chi connectivity index (χ0v) is 11.8. The van der Waals surface area contributed by atoms with Gasteiger partial charge in [-0.05, 0) is 25.0 Å². The third-order valence-corrected chi connectivity index (χ3v) is 4.17. The highest BCUT2D eigenvalue weighted by molar-refractivity contribution is 5.66. The molecule has 0 aromatic heterocycles. The summed E-state index contributed by atoms with van der Waals surface area (Å²) in [6.45, 7) is 5.45. The number of anilines is 2. The van der Waals surface area contributed by atoms with Crippen LogP contribution in [-0.2, 0) is 6.54 Å². The van der Waals surface area contributed by atoms with Crippen molar-refractivity contribution in [1.82, 2.24) is 5.01 Å². The summed E-state index contributed by atoms with van der Waals surface area (Å²) < 4.78 is 14.9. The first-order valence-corrected chi connectivity index (χ1v) is 7.16. The van der Waals surface area contributed by atoms with Gasteiger partial charge in [0.25, 0.3) is 0 Å². The van der Waals surface area contributed by atoms with Gasteiger partial charge in [0.05, 0.1) is 18.0 Å². The van der Waals surface area contributed by atoms with E-state index in [1.807, 2.05) is 28.9 Å². The van der Waals surface area contributed by atoms with Crippen LogP contribution in [0.15, 0.2) is 12.1 Å². The second-order valence-corrected chi connectivity index (χ2v) is 5.65. The predicted molar refractivity (Wildman–Crippen MR) is 78.8 cm³/mol. The van der Waals surface area contributed by atoms with E-state index in [0.717, 1.165) is 31.6 Å². The topological polar surface area (TPSA) is 61.8 Å². The lowest BCUT2D eigenvalue weighted by atomic mass is 10.1. The summed E-state index contributed by atoms with van der Waals surface area (Å²) in [6.07, 6.45) is 0.921. The maximum atomic E-state index is 14.9. The van der Waals surface area contributed by atoms with E-state index < -0.39 is 0 Å². The van der Waals surface area contributed by atoms with E-state index in [1.165, 1.54) is 0 Å². The van der Waals surface area contributed by atoms with Crippen molar-refractivity contribution < 1.29 is 4.39 Å². The highest BCUT2D eigenvalue weighted by Crippen LogP contribution is 2.35. The standard InChI is InChI=1S/C14H22FN5/c1-2-18-9-20(17)7-10-3-4-12(13(15)14(10)18)19-6-5-11(16)8-19/h3-4,11H,2,5-9,16-17H2,1H3/t11-/m0/s1.